The zero-order valence-electron chi connectivity index (χ0n) is 12.1. The molecular weight excluding hydrogens is 300 g/mol. The molecule has 1 aliphatic heterocycles. The predicted molar refractivity (Wildman–Crippen MR) is 86.6 cm³/mol. The number of primary sulfonamides is 1. The number of rotatable bonds is 3. The van der Waals surface area contributed by atoms with Crippen molar-refractivity contribution in [3.05, 3.63) is 52.2 Å². The van der Waals surface area contributed by atoms with Crippen LogP contribution < -0.4 is 10.6 Å². The summed E-state index contributed by atoms with van der Waals surface area (Å²) in [6.45, 7) is 1.92. The Kier molecular flexibility index (Phi) is 3.50. The Morgan fingerprint density at radius 2 is 1.91 bits per heavy atom. The van der Waals surface area contributed by atoms with E-state index in [4.69, 9.17) is 5.14 Å². The molecule has 114 valence electrons. The third kappa shape index (κ3) is 2.40. The van der Waals surface area contributed by atoms with Crippen molar-refractivity contribution in [2.75, 3.05) is 0 Å². The van der Waals surface area contributed by atoms with E-state index in [2.05, 4.69) is 4.98 Å². The molecule has 0 saturated carbocycles. The highest BCUT2D eigenvalue weighted by molar-refractivity contribution is 7.89. The first-order chi connectivity index (χ1) is 10.4. The Morgan fingerprint density at radius 3 is 2.59 bits per heavy atom. The predicted octanol–water partition coefficient (Wildman–Crippen LogP) is 2.23. The number of aromatic amines is 1. The molecule has 0 amide bonds. The van der Waals surface area contributed by atoms with Gasteiger partial charge in [0.05, 0.1) is 5.69 Å². The van der Waals surface area contributed by atoms with Crippen molar-refractivity contribution in [1.29, 1.82) is 0 Å². The van der Waals surface area contributed by atoms with E-state index in [1.165, 1.54) is 0 Å². The molecule has 0 bridgehead atoms. The summed E-state index contributed by atoms with van der Waals surface area (Å²) in [4.78, 5) is 15.5. The number of sulfonamides is 1. The molecule has 2 aliphatic rings. The van der Waals surface area contributed by atoms with Crippen molar-refractivity contribution in [1.82, 2.24) is 4.98 Å². The molecule has 1 aliphatic carbocycles. The van der Waals surface area contributed by atoms with Gasteiger partial charge in [-0.25, -0.2) is 13.6 Å². The first kappa shape index (κ1) is 14.7. The molecule has 0 fully saturated rings. The maximum absolute atomic E-state index is 12.6. The molecule has 0 atom stereocenters. The Bertz CT molecular complexity index is 990. The minimum absolute atomic E-state index is 0.287. The van der Waals surface area contributed by atoms with E-state index in [1.54, 1.807) is 12.1 Å². The van der Waals surface area contributed by atoms with E-state index in [0.29, 0.717) is 23.2 Å². The zero-order chi connectivity index (χ0) is 15.9. The van der Waals surface area contributed by atoms with Crippen LogP contribution in [0.25, 0.3) is 22.2 Å². The summed E-state index contributed by atoms with van der Waals surface area (Å²) >= 11 is 0. The van der Waals surface area contributed by atoms with E-state index >= 15 is 0 Å². The lowest BCUT2D eigenvalue weighted by Crippen LogP contribution is -2.25. The number of H-pyrrole nitrogens is 1. The third-order valence-electron chi connectivity index (χ3n) is 3.69. The van der Waals surface area contributed by atoms with Gasteiger partial charge in [0.2, 0.25) is 15.5 Å². The van der Waals surface area contributed by atoms with Crippen LogP contribution in [-0.4, -0.2) is 13.4 Å². The van der Waals surface area contributed by atoms with Crippen molar-refractivity contribution in [3.63, 3.8) is 0 Å². The molecule has 0 radical (unpaired) electrons. The van der Waals surface area contributed by atoms with Crippen molar-refractivity contribution >= 4 is 20.9 Å². The first-order valence-corrected chi connectivity index (χ1v) is 8.57. The Balaban J connectivity index is 2.47. The standard InChI is InChI=1S/C16H16N2O3S/c1-2-5-11-9-14-12(15(19)16(11)22(17,20)21)8-10-6-3-4-7-13(10)18-14/h3-4,6-9,18H,2,5H2,1H3,(H2,17,20,21). The van der Waals surface area contributed by atoms with Crippen LogP contribution in [0.5, 0.6) is 0 Å². The van der Waals surface area contributed by atoms with Gasteiger partial charge in [-0.2, -0.15) is 0 Å². The van der Waals surface area contributed by atoms with Gasteiger partial charge in [0.1, 0.15) is 4.90 Å². The van der Waals surface area contributed by atoms with Crippen LogP contribution in [0.4, 0.5) is 0 Å². The summed E-state index contributed by atoms with van der Waals surface area (Å²) in [5.74, 6) is 0. The fourth-order valence-corrected chi connectivity index (χ4v) is 3.65. The lowest BCUT2D eigenvalue weighted by Gasteiger charge is -2.13. The number of aryl methyl sites for hydroxylation is 1. The van der Waals surface area contributed by atoms with Crippen molar-refractivity contribution < 1.29 is 8.42 Å². The lowest BCUT2D eigenvalue weighted by molar-refractivity contribution is 0.595. The number of hydrogen-bond acceptors (Lipinski definition) is 3. The van der Waals surface area contributed by atoms with Crippen LogP contribution in [0.3, 0.4) is 0 Å². The van der Waals surface area contributed by atoms with E-state index in [1.807, 2.05) is 31.2 Å². The number of pyridine rings is 1. The van der Waals surface area contributed by atoms with E-state index in [0.717, 1.165) is 17.3 Å². The molecule has 1 aromatic carbocycles. The van der Waals surface area contributed by atoms with Crippen LogP contribution in [0.1, 0.15) is 18.9 Å². The van der Waals surface area contributed by atoms with Crippen LogP contribution in [-0.2, 0) is 16.4 Å². The van der Waals surface area contributed by atoms with Crippen LogP contribution in [0, 0.1) is 0 Å². The van der Waals surface area contributed by atoms with Gasteiger partial charge in [-0.1, -0.05) is 31.5 Å². The number of nitrogens with one attached hydrogen (secondary N) is 1. The summed E-state index contributed by atoms with van der Waals surface area (Å²) in [6, 6.07) is 10.9. The fraction of sp³-hybridized carbons (Fsp3) is 0.188. The SMILES string of the molecule is CCCc1cc2[nH]c3ccccc3cc-2c(=O)c1S(N)(=O)=O. The largest absolute Gasteiger partial charge is 0.354 e. The normalized spacial score (nSPS) is 12.1. The molecular formula is C16H16N2O3S. The second kappa shape index (κ2) is 5.23. The lowest BCUT2D eigenvalue weighted by atomic mass is 10.0. The second-order valence-electron chi connectivity index (χ2n) is 5.31. The molecule has 3 rings (SSSR count). The zero-order valence-corrected chi connectivity index (χ0v) is 12.9. The van der Waals surface area contributed by atoms with Gasteiger partial charge < -0.3 is 4.98 Å². The Labute approximate surface area is 128 Å². The summed E-state index contributed by atoms with van der Waals surface area (Å²) in [5.41, 5.74) is 1.78. The number of fused-ring (bicyclic) bond motifs is 2. The molecule has 5 nitrogen and oxygen atoms in total. The minimum atomic E-state index is -4.06. The second-order valence-corrected chi connectivity index (χ2v) is 6.81. The number of hydrogen-bond donors (Lipinski definition) is 2. The van der Waals surface area contributed by atoms with Gasteiger partial charge in [0, 0.05) is 11.1 Å². The molecule has 1 aromatic rings. The third-order valence-corrected chi connectivity index (χ3v) is 4.70. The smallest absolute Gasteiger partial charge is 0.242 e. The number of benzene rings is 2. The molecule has 22 heavy (non-hydrogen) atoms. The van der Waals surface area contributed by atoms with Crippen LogP contribution in [0.2, 0.25) is 0 Å². The van der Waals surface area contributed by atoms with Gasteiger partial charge in [-0.15, -0.1) is 0 Å². The maximum atomic E-state index is 12.6. The van der Waals surface area contributed by atoms with E-state index in [-0.39, 0.29) is 4.90 Å². The Morgan fingerprint density at radius 1 is 1.18 bits per heavy atom. The highest BCUT2D eigenvalue weighted by atomic mass is 32.2. The van der Waals surface area contributed by atoms with E-state index in [9.17, 15) is 13.2 Å². The van der Waals surface area contributed by atoms with Gasteiger partial charge in [0.15, 0.2) is 0 Å². The first-order valence-electron chi connectivity index (χ1n) is 7.02. The average Bonchev–Trinajstić information content (AvgIpc) is 2.44. The molecule has 0 spiro atoms. The Hall–Kier alpha value is -2.18. The van der Waals surface area contributed by atoms with Gasteiger partial charge >= 0.3 is 0 Å². The molecule has 6 heteroatoms. The minimum Gasteiger partial charge on any atom is -0.354 e. The topological polar surface area (TPSA) is 93.0 Å². The van der Waals surface area contributed by atoms with Gasteiger partial charge in [-0.3, -0.25) is 4.79 Å². The van der Waals surface area contributed by atoms with Gasteiger partial charge in [-0.05, 0) is 35.6 Å². The highest BCUT2D eigenvalue weighted by Crippen LogP contribution is 2.26. The molecule has 3 N–H and O–H groups in total. The molecule has 1 heterocycles. The summed E-state index contributed by atoms with van der Waals surface area (Å²) in [5, 5.41) is 6.10. The van der Waals surface area contributed by atoms with Crippen LogP contribution in [0.15, 0.2) is 46.1 Å². The number of nitrogens with two attached hydrogens (primary N) is 1. The van der Waals surface area contributed by atoms with Crippen molar-refractivity contribution in [3.8, 4) is 11.3 Å². The van der Waals surface area contributed by atoms with E-state index < -0.39 is 15.5 Å². The number of aromatic nitrogens is 1. The van der Waals surface area contributed by atoms with Gasteiger partial charge in [0.25, 0.3) is 0 Å². The highest BCUT2D eigenvalue weighted by Gasteiger charge is 2.23. The molecule has 0 saturated heterocycles. The fourth-order valence-electron chi connectivity index (χ4n) is 2.76. The average molecular weight is 316 g/mol. The summed E-state index contributed by atoms with van der Waals surface area (Å²) < 4.78 is 23.6. The molecule has 0 unspecified atom stereocenters. The number of para-hydroxylation sites is 1. The summed E-state index contributed by atoms with van der Waals surface area (Å²) in [6.07, 6.45) is 1.21. The summed E-state index contributed by atoms with van der Waals surface area (Å²) in [7, 11) is -4.06. The van der Waals surface area contributed by atoms with Crippen molar-refractivity contribution in [2.45, 2.75) is 24.7 Å². The van der Waals surface area contributed by atoms with Crippen molar-refractivity contribution in [2.24, 2.45) is 5.14 Å². The maximum Gasteiger partial charge on any atom is 0.242 e. The quantitative estimate of drug-likeness (QED) is 0.726. The monoisotopic (exact) mass is 316 g/mol. The molecule has 0 aromatic heterocycles. The van der Waals surface area contributed by atoms with Crippen LogP contribution >= 0.6 is 0 Å².